The fourth-order valence-electron chi connectivity index (χ4n) is 0.471. The molecule has 74 valence electrons. The van der Waals surface area contributed by atoms with Gasteiger partial charge in [-0.15, -0.1) is 0 Å². The summed E-state index contributed by atoms with van der Waals surface area (Å²) in [5, 5.41) is 17.6. The van der Waals surface area contributed by atoms with Gasteiger partial charge in [-0.2, -0.15) is 0 Å². The summed E-state index contributed by atoms with van der Waals surface area (Å²) < 4.78 is 0. The van der Waals surface area contributed by atoms with Gasteiger partial charge in [-0.05, 0) is 5.23 Å². The van der Waals surface area contributed by atoms with Crippen molar-refractivity contribution in [1.29, 1.82) is 0 Å². The minimum atomic E-state index is -0.942. The van der Waals surface area contributed by atoms with Gasteiger partial charge >= 0.3 is 0 Å². The van der Waals surface area contributed by atoms with E-state index in [4.69, 9.17) is 31.4 Å². The van der Waals surface area contributed by atoms with Crippen molar-refractivity contribution in [3.8, 4) is 0 Å². The highest BCUT2D eigenvalue weighted by Crippen LogP contribution is 1.91. The quantitative estimate of drug-likeness (QED) is 0.250. The summed E-state index contributed by atoms with van der Waals surface area (Å²) in [5.41, 5.74) is 10.4. The maximum atomic E-state index is 8.38. The van der Waals surface area contributed by atoms with Crippen LogP contribution in [0.1, 0.15) is 0 Å². The van der Waals surface area contributed by atoms with E-state index in [1.165, 1.54) is 0 Å². The van der Waals surface area contributed by atoms with Gasteiger partial charge in [0.25, 0.3) is 0 Å². The van der Waals surface area contributed by atoms with Crippen LogP contribution in [-0.2, 0) is 9.68 Å². The summed E-state index contributed by atoms with van der Waals surface area (Å²) >= 11 is 0. The Morgan fingerprint density at radius 3 is 1.75 bits per heavy atom. The molecule has 0 aliphatic carbocycles. The van der Waals surface area contributed by atoms with Gasteiger partial charge in [-0.3, -0.25) is 21.1 Å². The van der Waals surface area contributed by atoms with Crippen LogP contribution in [0.3, 0.4) is 0 Å². The third-order valence-corrected chi connectivity index (χ3v) is 0.863. The lowest BCUT2D eigenvalue weighted by Crippen LogP contribution is -2.49. The first-order valence-electron chi connectivity index (χ1n) is 3.50. The van der Waals surface area contributed by atoms with Crippen molar-refractivity contribution in [2.75, 3.05) is 26.4 Å². The molecule has 0 fully saturated rings. The Kier molecular flexibility index (Phi) is 7.20. The van der Waals surface area contributed by atoms with Crippen LogP contribution in [-0.4, -0.2) is 48.2 Å². The largest absolute Gasteiger partial charge is 0.394 e. The molecule has 0 amide bonds. The van der Waals surface area contributed by atoms with Crippen molar-refractivity contribution in [3.63, 3.8) is 0 Å². The first-order chi connectivity index (χ1) is 5.72. The van der Waals surface area contributed by atoms with Gasteiger partial charge in [0.2, 0.25) is 0 Å². The first-order valence-corrected chi connectivity index (χ1v) is 3.50. The first kappa shape index (κ1) is 11.7. The summed E-state index contributed by atoms with van der Waals surface area (Å²) in [7, 11) is 0. The molecule has 0 spiro atoms. The van der Waals surface area contributed by atoms with E-state index in [1.54, 1.807) is 0 Å². The van der Waals surface area contributed by atoms with Gasteiger partial charge < -0.3 is 10.2 Å². The van der Waals surface area contributed by atoms with Gasteiger partial charge in [0.15, 0.2) is 6.29 Å². The number of nitrogens with zero attached hydrogens (tertiary/aromatic N) is 1. The summed E-state index contributed by atoms with van der Waals surface area (Å²) in [6.45, 7) is -0.246. The molecule has 0 radical (unpaired) electrons. The van der Waals surface area contributed by atoms with Crippen LogP contribution in [0, 0.1) is 0 Å². The molecule has 0 atom stereocenters. The summed E-state index contributed by atoms with van der Waals surface area (Å²) in [5.74, 6) is 0. The molecule has 0 saturated heterocycles. The lowest BCUT2D eigenvalue weighted by atomic mass is 10.8. The Labute approximate surface area is 70.4 Å². The van der Waals surface area contributed by atoms with E-state index >= 15 is 0 Å². The van der Waals surface area contributed by atoms with Crippen molar-refractivity contribution >= 4 is 0 Å². The van der Waals surface area contributed by atoms with Crippen molar-refractivity contribution in [2.24, 2.45) is 11.5 Å². The molecule has 0 heterocycles. The molecule has 0 aliphatic rings. The Morgan fingerprint density at radius 1 is 1.08 bits per heavy atom. The van der Waals surface area contributed by atoms with E-state index in [9.17, 15) is 0 Å². The second kappa shape index (κ2) is 7.37. The van der Waals surface area contributed by atoms with Gasteiger partial charge in [0, 0.05) is 0 Å². The fourth-order valence-corrected chi connectivity index (χ4v) is 0.471. The van der Waals surface area contributed by atoms with E-state index in [0.29, 0.717) is 0 Å². The molecule has 6 N–H and O–H groups in total. The maximum Gasteiger partial charge on any atom is 0.160 e. The number of hydrogen-bond donors (Lipinski definition) is 4. The number of nitrogens with two attached hydrogens (primary N) is 2. The third-order valence-electron chi connectivity index (χ3n) is 0.863. The summed E-state index contributed by atoms with van der Waals surface area (Å²) in [6, 6.07) is 0. The normalized spacial score (nSPS) is 11.5. The van der Waals surface area contributed by atoms with Gasteiger partial charge in [0.1, 0.15) is 0 Å². The Hall–Kier alpha value is -0.280. The van der Waals surface area contributed by atoms with Crippen molar-refractivity contribution in [3.05, 3.63) is 0 Å². The van der Waals surface area contributed by atoms with Gasteiger partial charge in [-0.1, -0.05) is 0 Å². The van der Waals surface area contributed by atoms with E-state index < -0.39 is 6.29 Å². The number of rotatable bonds is 7. The predicted molar refractivity (Wildman–Crippen MR) is 40.1 cm³/mol. The van der Waals surface area contributed by atoms with E-state index in [0.717, 1.165) is 5.23 Å². The van der Waals surface area contributed by atoms with Crippen LogP contribution < -0.4 is 11.5 Å². The van der Waals surface area contributed by atoms with Gasteiger partial charge in [-0.25, -0.2) is 0 Å². The Bertz CT molecular complexity index is 94.7. The van der Waals surface area contributed by atoms with Crippen LogP contribution in [0.4, 0.5) is 0 Å². The highest BCUT2D eigenvalue weighted by molar-refractivity contribution is 4.35. The average molecular weight is 181 g/mol. The molecule has 0 aromatic heterocycles. The fraction of sp³-hybridized carbons (Fsp3) is 1.00. The standard InChI is InChI=1S/C5H15N3O4/c6-5(7)8(11-3-1-9)12-4-2-10/h5,9-10H,1-4,6-7H2. The maximum absolute atomic E-state index is 8.38. The minimum Gasteiger partial charge on any atom is -0.394 e. The number of aliphatic hydroxyl groups excluding tert-OH is 2. The smallest absolute Gasteiger partial charge is 0.160 e. The van der Waals surface area contributed by atoms with E-state index in [1.807, 2.05) is 0 Å². The van der Waals surface area contributed by atoms with Crippen molar-refractivity contribution < 1.29 is 19.9 Å². The van der Waals surface area contributed by atoms with E-state index in [2.05, 4.69) is 0 Å². The Balaban J connectivity index is 3.55. The number of aliphatic hydroxyl groups is 2. The summed E-state index contributed by atoms with van der Waals surface area (Å²) in [4.78, 5) is 9.51. The number of hydrogen-bond acceptors (Lipinski definition) is 7. The molecule has 0 unspecified atom stereocenters. The monoisotopic (exact) mass is 181 g/mol. The zero-order valence-corrected chi connectivity index (χ0v) is 6.72. The number of hydroxylamine groups is 2. The molecular formula is C5H15N3O4. The van der Waals surface area contributed by atoms with Crippen LogP contribution in [0.25, 0.3) is 0 Å². The summed E-state index contributed by atoms with van der Waals surface area (Å²) in [6.07, 6.45) is -0.942. The molecule has 7 heteroatoms. The second-order valence-corrected chi connectivity index (χ2v) is 1.89. The predicted octanol–water partition coefficient (Wildman–Crippen LogP) is -2.66. The molecule has 7 nitrogen and oxygen atoms in total. The van der Waals surface area contributed by atoms with Gasteiger partial charge in [0.05, 0.1) is 26.4 Å². The molecule has 0 rings (SSSR count). The SMILES string of the molecule is NC(N)N(OCCO)OCCO. The van der Waals surface area contributed by atoms with Crippen LogP contribution in [0.15, 0.2) is 0 Å². The zero-order valence-electron chi connectivity index (χ0n) is 6.72. The molecule has 0 saturated carbocycles. The highest BCUT2D eigenvalue weighted by atomic mass is 17.0. The lowest BCUT2D eigenvalue weighted by Gasteiger charge is -2.22. The Morgan fingerprint density at radius 2 is 1.50 bits per heavy atom. The van der Waals surface area contributed by atoms with Crippen LogP contribution in [0.2, 0.25) is 0 Å². The molecule has 0 aromatic carbocycles. The van der Waals surface area contributed by atoms with Crippen molar-refractivity contribution in [2.45, 2.75) is 6.29 Å². The molecule has 0 bridgehead atoms. The van der Waals surface area contributed by atoms with E-state index in [-0.39, 0.29) is 26.4 Å². The third kappa shape index (κ3) is 5.38. The second-order valence-electron chi connectivity index (χ2n) is 1.89. The molecule has 0 aliphatic heterocycles. The topological polar surface area (TPSA) is 114 Å². The molecular weight excluding hydrogens is 166 g/mol. The molecule has 0 aromatic rings. The minimum absolute atomic E-state index is 0.0380. The zero-order chi connectivity index (χ0) is 9.40. The van der Waals surface area contributed by atoms with Crippen LogP contribution >= 0.6 is 0 Å². The molecule has 12 heavy (non-hydrogen) atoms. The van der Waals surface area contributed by atoms with Crippen LogP contribution in [0.5, 0.6) is 0 Å². The average Bonchev–Trinajstić information content (AvgIpc) is 2.04. The lowest BCUT2D eigenvalue weighted by molar-refractivity contribution is -0.389. The van der Waals surface area contributed by atoms with Crippen molar-refractivity contribution in [1.82, 2.24) is 5.23 Å². The highest BCUT2D eigenvalue weighted by Gasteiger charge is 2.10.